The minimum atomic E-state index is -1.40. The smallest absolute Gasteiger partial charge is 0.306 e. The predicted octanol–water partition coefficient (Wildman–Crippen LogP) is -0.557. The van der Waals surface area contributed by atoms with Crippen LogP contribution >= 0.6 is 0 Å². The molecule has 0 bridgehead atoms. The number of nitrogens with zero attached hydrogens (tertiary/aromatic N) is 1. The van der Waals surface area contributed by atoms with Crippen LogP contribution in [0.2, 0.25) is 0 Å². The number of pyridine rings is 1. The lowest BCUT2D eigenvalue weighted by Crippen LogP contribution is -2.22. The molecule has 0 saturated heterocycles. The molecule has 2 atom stereocenters. The van der Waals surface area contributed by atoms with Crippen molar-refractivity contribution in [2.45, 2.75) is 25.2 Å². The average molecular weight is 227 g/mol. The fourth-order valence-electron chi connectivity index (χ4n) is 1.27. The Hall–Kier alpha value is -1.50. The Morgan fingerprint density at radius 1 is 1.38 bits per heavy atom. The van der Waals surface area contributed by atoms with Crippen molar-refractivity contribution in [1.82, 2.24) is 4.98 Å². The minimum absolute atomic E-state index is 0.234. The third-order valence-electron chi connectivity index (χ3n) is 2.09. The number of carboxylic acid groups (broad SMARTS) is 1. The summed E-state index contributed by atoms with van der Waals surface area (Å²) in [6, 6.07) is 1.46. The molecule has 6 heteroatoms. The molecule has 0 aliphatic carbocycles. The molecule has 1 heterocycles. The normalized spacial score (nSPS) is 14.4. The third kappa shape index (κ3) is 3.27. The fourth-order valence-corrected chi connectivity index (χ4v) is 1.27. The van der Waals surface area contributed by atoms with E-state index < -0.39 is 24.6 Å². The van der Waals surface area contributed by atoms with Gasteiger partial charge >= 0.3 is 5.97 Å². The highest BCUT2D eigenvalue weighted by molar-refractivity contribution is 5.67. The van der Waals surface area contributed by atoms with Gasteiger partial charge in [-0.25, -0.2) is 0 Å². The summed E-state index contributed by atoms with van der Waals surface area (Å²) < 4.78 is 0. The molecule has 0 aliphatic heterocycles. The number of aromatic nitrogens is 1. The summed E-state index contributed by atoms with van der Waals surface area (Å²) in [6.45, 7) is -0.234. The molecule has 1 aromatic heterocycles. The average Bonchev–Trinajstić information content (AvgIpc) is 2.27. The maximum atomic E-state index is 10.3. The Bertz CT molecular complexity index is 368. The quantitative estimate of drug-likeness (QED) is 0.536. The summed E-state index contributed by atoms with van der Waals surface area (Å²) in [4.78, 5) is 14.1. The second-order valence-corrected chi connectivity index (χ2v) is 3.39. The van der Waals surface area contributed by atoms with Gasteiger partial charge in [0.25, 0.3) is 0 Å². The first-order valence-corrected chi connectivity index (χ1v) is 4.67. The summed E-state index contributed by atoms with van der Waals surface area (Å²) in [5.74, 6) is -1.20. The largest absolute Gasteiger partial charge is 0.481 e. The molecule has 16 heavy (non-hydrogen) atoms. The lowest BCUT2D eigenvalue weighted by molar-refractivity contribution is -0.141. The summed E-state index contributed by atoms with van der Waals surface area (Å²) in [5.41, 5.74) is 0.763. The summed E-state index contributed by atoms with van der Waals surface area (Å²) in [6.07, 6.45) is -0.539. The first kappa shape index (κ1) is 12.6. The molecule has 0 radical (unpaired) electrons. The van der Waals surface area contributed by atoms with Gasteiger partial charge in [0.1, 0.15) is 6.10 Å². The number of rotatable bonds is 5. The van der Waals surface area contributed by atoms with Crippen molar-refractivity contribution in [3.8, 4) is 0 Å². The number of aliphatic carboxylic acids is 1. The van der Waals surface area contributed by atoms with Crippen LogP contribution in [0, 0.1) is 0 Å². The van der Waals surface area contributed by atoms with Crippen LogP contribution < -0.4 is 0 Å². The van der Waals surface area contributed by atoms with E-state index in [0.717, 1.165) is 0 Å². The van der Waals surface area contributed by atoms with Gasteiger partial charge in [-0.05, 0) is 11.6 Å². The zero-order valence-corrected chi connectivity index (χ0v) is 8.45. The first-order chi connectivity index (χ1) is 7.54. The van der Waals surface area contributed by atoms with Crippen LogP contribution in [-0.4, -0.2) is 37.5 Å². The topological polar surface area (TPSA) is 111 Å². The van der Waals surface area contributed by atoms with Gasteiger partial charge in [-0.15, -0.1) is 0 Å². The molecule has 4 N–H and O–H groups in total. The van der Waals surface area contributed by atoms with Crippen LogP contribution in [0.4, 0.5) is 0 Å². The molecule has 2 unspecified atom stereocenters. The van der Waals surface area contributed by atoms with Crippen LogP contribution in [0.3, 0.4) is 0 Å². The summed E-state index contributed by atoms with van der Waals surface area (Å²) >= 11 is 0. The van der Waals surface area contributed by atoms with Gasteiger partial charge in [-0.1, -0.05) is 0 Å². The van der Waals surface area contributed by atoms with Gasteiger partial charge in [0, 0.05) is 18.0 Å². The standard InChI is InChI=1S/C10H13NO5/c12-5-6-1-7(4-11-3-6)10(16)8(13)2-9(14)15/h1,3-4,8,10,12-13,16H,2,5H2,(H,14,15). The maximum absolute atomic E-state index is 10.3. The van der Waals surface area contributed by atoms with Gasteiger partial charge in [-0.3, -0.25) is 9.78 Å². The monoisotopic (exact) mass is 227 g/mol. The van der Waals surface area contributed by atoms with Crippen molar-refractivity contribution in [3.63, 3.8) is 0 Å². The molecule has 88 valence electrons. The van der Waals surface area contributed by atoms with Crippen LogP contribution in [0.25, 0.3) is 0 Å². The van der Waals surface area contributed by atoms with Crippen LogP contribution in [0.5, 0.6) is 0 Å². The molecule has 0 aromatic carbocycles. The van der Waals surface area contributed by atoms with E-state index in [2.05, 4.69) is 4.98 Å². The number of carboxylic acids is 1. The van der Waals surface area contributed by atoms with E-state index in [1.54, 1.807) is 0 Å². The number of aliphatic hydroxyl groups excluding tert-OH is 3. The lowest BCUT2D eigenvalue weighted by atomic mass is 10.0. The number of aliphatic hydroxyl groups is 3. The Kier molecular flexibility index (Phi) is 4.36. The predicted molar refractivity (Wildman–Crippen MR) is 53.4 cm³/mol. The maximum Gasteiger partial charge on any atom is 0.306 e. The Morgan fingerprint density at radius 3 is 2.62 bits per heavy atom. The van der Waals surface area contributed by atoms with Gasteiger partial charge in [0.2, 0.25) is 0 Å². The van der Waals surface area contributed by atoms with E-state index in [0.29, 0.717) is 5.56 Å². The van der Waals surface area contributed by atoms with Crippen LogP contribution in [0.15, 0.2) is 18.5 Å². The molecule has 1 aromatic rings. The molecule has 0 saturated carbocycles. The van der Waals surface area contributed by atoms with Gasteiger partial charge in [0.15, 0.2) is 0 Å². The van der Waals surface area contributed by atoms with Crippen LogP contribution in [-0.2, 0) is 11.4 Å². The molecular formula is C10H13NO5. The van der Waals surface area contributed by atoms with E-state index >= 15 is 0 Å². The van der Waals surface area contributed by atoms with Gasteiger partial charge in [0.05, 0.1) is 19.1 Å². The van der Waals surface area contributed by atoms with E-state index in [1.165, 1.54) is 18.5 Å². The molecule has 0 fully saturated rings. The zero-order valence-electron chi connectivity index (χ0n) is 8.45. The van der Waals surface area contributed by atoms with E-state index in [9.17, 15) is 15.0 Å². The zero-order chi connectivity index (χ0) is 12.1. The molecule has 0 aliphatic rings. The van der Waals surface area contributed by atoms with Crippen molar-refractivity contribution in [1.29, 1.82) is 0 Å². The lowest BCUT2D eigenvalue weighted by Gasteiger charge is -2.16. The van der Waals surface area contributed by atoms with Crippen molar-refractivity contribution >= 4 is 5.97 Å². The van der Waals surface area contributed by atoms with Gasteiger partial charge < -0.3 is 20.4 Å². The molecule has 1 rings (SSSR count). The molecule has 0 spiro atoms. The number of hydrogen-bond donors (Lipinski definition) is 4. The Balaban J connectivity index is 2.78. The molecule has 6 nitrogen and oxygen atoms in total. The van der Waals surface area contributed by atoms with Crippen molar-refractivity contribution in [2.24, 2.45) is 0 Å². The highest BCUT2D eigenvalue weighted by Crippen LogP contribution is 2.19. The highest BCUT2D eigenvalue weighted by Gasteiger charge is 2.21. The second kappa shape index (κ2) is 5.55. The minimum Gasteiger partial charge on any atom is -0.481 e. The molecular weight excluding hydrogens is 214 g/mol. The van der Waals surface area contributed by atoms with Gasteiger partial charge in [-0.2, -0.15) is 0 Å². The first-order valence-electron chi connectivity index (χ1n) is 4.67. The Labute approximate surface area is 91.8 Å². The van der Waals surface area contributed by atoms with Crippen molar-refractivity contribution in [2.75, 3.05) is 0 Å². The van der Waals surface area contributed by atoms with E-state index in [4.69, 9.17) is 10.2 Å². The highest BCUT2D eigenvalue weighted by atomic mass is 16.4. The van der Waals surface area contributed by atoms with Crippen molar-refractivity contribution in [3.05, 3.63) is 29.6 Å². The molecule has 0 amide bonds. The summed E-state index contributed by atoms with van der Waals surface area (Å²) in [5, 5.41) is 36.3. The fraction of sp³-hybridized carbons (Fsp3) is 0.400. The number of hydrogen-bond acceptors (Lipinski definition) is 5. The van der Waals surface area contributed by atoms with E-state index in [-0.39, 0.29) is 12.2 Å². The Morgan fingerprint density at radius 2 is 2.06 bits per heavy atom. The van der Waals surface area contributed by atoms with E-state index in [1.807, 2.05) is 0 Å². The number of carbonyl (C=O) groups is 1. The van der Waals surface area contributed by atoms with Crippen LogP contribution in [0.1, 0.15) is 23.7 Å². The second-order valence-electron chi connectivity index (χ2n) is 3.39. The summed E-state index contributed by atoms with van der Waals surface area (Å²) in [7, 11) is 0. The SMILES string of the molecule is O=C(O)CC(O)C(O)c1cncc(CO)c1. The van der Waals surface area contributed by atoms with Crippen molar-refractivity contribution < 1.29 is 25.2 Å². The third-order valence-corrected chi connectivity index (χ3v) is 2.09.